The summed E-state index contributed by atoms with van der Waals surface area (Å²) in [6.45, 7) is 0. The highest BCUT2D eigenvalue weighted by molar-refractivity contribution is 7.91. The van der Waals surface area contributed by atoms with Crippen molar-refractivity contribution >= 4 is 15.5 Å². The first-order chi connectivity index (χ1) is 7.07. The molecule has 1 atom stereocenters. The van der Waals surface area contributed by atoms with Crippen LogP contribution in [0.5, 0.6) is 0 Å². The van der Waals surface area contributed by atoms with Crippen molar-refractivity contribution in [2.75, 3.05) is 6.26 Å². The molecule has 0 saturated carbocycles. The van der Waals surface area contributed by atoms with Gasteiger partial charge in [0.1, 0.15) is 5.71 Å². The molecule has 15 heavy (non-hydrogen) atoms. The van der Waals surface area contributed by atoms with Crippen LogP contribution in [0, 0.1) is 0 Å². The number of pyridine rings is 1. The minimum atomic E-state index is -3.21. The lowest BCUT2D eigenvalue weighted by Crippen LogP contribution is -2.19. The molecule has 0 amide bonds. The summed E-state index contributed by atoms with van der Waals surface area (Å²) in [7, 11) is -3.21. The molecule has 2 rings (SSSR count). The van der Waals surface area contributed by atoms with Gasteiger partial charge in [0.15, 0.2) is 9.84 Å². The SMILES string of the molecule is CS(=O)(=O)C1CC(c2ccccn2)=NO1. The van der Waals surface area contributed by atoms with E-state index in [1.54, 1.807) is 18.3 Å². The van der Waals surface area contributed by atoms with Crippen molar-refractivity contribution in [3.05, 3.63) is 30.1 Å². The standard InChI is InChI=1S/C9H10N2O3S/c1-15(12,13)9-6-8(11-14-9)7-4-2-3-5-10-7/h2-5,9H,6H2,1H3. The zero-order chi connectivity index (χ0) is 10.9. The molecule has 1 aromatic heterocycles. The average Bonchev–Trinajstić information content (AvgIpc) is 2.67. The highest BCUT2D eigenvalue weighted by Crippen LogP contribution is 2.18. The molecule has 1 unspecified atom stereocenters. The lowest BCUT2D eigenvalue weighted by Gasteiger charge is -2.03. The van der Waals surface area contributed by atoms with Gasteiger partial charge >= 0.3 is 0 Å². The van der Waals surface area contributed by atoms with Gasteiger partial charge in [0.2, 0.25) is 5.44 Å². The monoisotopic (exact) mass is 226 g/mol. The Balaban J connectivity index is 2.18. The number of hydrogen-bond donors (Lipinski definition) is 0. The summed E-state index contributed by atoms with van der Waals surface area (Å²) in [6.07, 6.45) is 3.02. The lowest BCUT2D eigenvalue weighted by molar-refractivity contribution is 0.141. The third-order valence-corrected chi connectivity index (χ3v) is 3.29. The van der Waals surface area contributed by atoms with Crippen LogP contribution in [-0.4, -0.2) is 30.8 Å². The number of hydrogen-bond acceptors (Lipinski definition) is 5. The van der Waals surface area contributed by atoms with Crippen LogP contribution in [0.3, 0.4) is 0 Å². The van der Waals surface area contributed by atoms with E-state index < -0.39 is 15.3 Å². The van der Waals surface area contributed by atoms with Crippen molar-refractivity contribution in [2.24, 2.45) is 5.16 Å². The van der Waals surface area contributed by atoms with E-state index in [-0.39, 0.29) is 6.42 Å². The Morgan fingerprint density at radius 1 is 1.47 bits per heavy atom. The molecule has 6 heteroatoms. The summed E-state index contributed by atoms with van der Waals surface area (Å²) < 4.78 is 22.4. The van der Waals surface area contributed by atoms with Crippen molar-refractivity contribution in [3.63, 3.8) is 0 Å². The van der Waals surface area contributed by atoms with Gasteiger partial charge in [-0.2, -0.15) is 0 Å². The summed E-state index contributed by atoms with van der Waals surface area (Å²) in [5, 5.41) is 3.73. The number of rotatable bonds is 2. The summed E-state index contributed by atoms with van der Waals surface area (Å²) in [5.74, 6) is 0. The number of oxime groups is 1. The maximum Gasteiger partial charge on any atom is 0.232 e. The van der Waals surface area contributed by atoms with Crippen LogP contribution in [0.2, 0.25) is 0 Å². The zero-order valence-corrected chi connectivity index (χ0v) is 8.94. The van der Waals surface area contributed by atoms with Crippen LogP contribution in [0.1, 0.15) is 12.1 Å². The summed E-state index contributed by atoms with van der Waals surface area (Å²) in [6, 6.07) is 5.37. The Kier molecular flexibility index (Phi) is 2.44. The van der Waals surface area contributed by atoms with Crippen molar-refractivity contribution in [3.8, 4) is 0 Å². The first kappa shape index (κ1) is 10.1. The first-order valence-electron chi connectivity index (χ1n) is 4.40. The quantitative estimate of drug-likeness (QED) is 0.739. The molecule has 1 aliphatic rings. The first-order valence-corrected chi connectivity index (χ1v) is 6.36. The maximum atomic E-state index is 11.2. The van der Waals surface area contributed by atoms with E-state index in [2.05, 4.69) is 10.1 Å². The molecule has 1 aliphatic heterocycles. The fourth-order valence-corrected chi connectivity index (χ4v) is 1.93. The Bertz CT molecular complexity index is 481. The largest absolute Gasteiger partial charge is 0.375 e. The maximum absolute atomic E-state index is 11.2. The van der Waals surface area contributed by atoms with Gasteiger partial charge in [-0.3, -0.25) is 4.98 Å². The summed E-state index contributed by atoms with van der Waals surface area (Å²) in [5.41, 5.74) is 0.365. The molecule has 0 N–H and O–H groups in total. The molecule has 0 aromatic carbocycles. The molecule has 0 radical (unpaired) electrons. The molecule has 0 bridgehead atoms. The second kappa shape index (κ2) is 3.62. The van der Waals surface area contributed by atoms with Crippen LogP contribution in [0.25, 0.3) is 0 Å². The number of aromatic nitrogens is 1. The van der Waals surface area contributed by atoms with Gasteiger partial charge in [0, 0.05) is 18.9 Å². The fourth-order valence-electron chi connectivity index (χ4n) is 1.27. The molecule has 0 fully saturated rings. The molecule has 2 heterocycles. The Morgan fingerprint density at radius 3 is 2.80 bits per heavy atom. The van der Waals surface area contributed by atoms with Gasteiger partial charge in [0.05, 0.1) is 5.69 Å². The molecule has 0 aliphatic carbocycles. The van der Waals surface area contributed by atoms with Crippen LogP contribution < -0.4 is 0 Å². The minimum Gasteiger partial charge on any atom is -0.375 e. The third-order valence-electron chi connectivity index (χ3n) is 2.08. The van der Waals surface area contributed by atoms with Gasteiger partial charge in [-0.1, -0.05) is 11.2 Å². The average molecular weight is 226 g/mol. The van der Waals surface area contributed by atoms with E-state index in [4.69, 9.17) is 4.84 Å². The number of sulfone groups is 1. The molecular formula is C9H10N2O3S. The second-order valence-corrected chi connectivity index (χ2v) is 5.51. The van der Waals surface area contributed by atoms with Crippen molar-refractivity contribution < 1.29 is 13.3 Å². The van der Waals surface area contributed by atoms with Gasteiger partial charge in [-0.05, 0) is 12.1 Å². The van der Waals surface area contributed by atoms with Gasteiger partial charge < -0.3 is 4.84 Å². The highest BCUT2D eigenvalue weighted by atomic mass is 32.2. The topological polar surface area (TPSA) is 68.6 Å². The molecular weight excluding hydrogens is 216 g/mol. The lowest BCUT2D eigenvalue weighted by atomic mass is 10.2. The van der Waals surface area contributed by atoms with Crippen molar-refractivity contribution in [1.82, 2.24) is 4.98 Å². The van der Waals surface area contributed by atoms with Crippen molar-refractivity contribution in [2.45, 2.75) is 11.9 Å². The van der Waals surface area contributed by atoms with Gasteiger partial charge in [-0.15, -0.1) is 0 Å². The van der Waals surface area contributed by atoms with Gasteiger partial charge in [-0.25, -0.2) is 8.42 Å². The number of nitrogens with zero attached hydrogens (tertiary/aromatic N) is 2. The Labute approximate surface area is 87.7 Å². The van der Waals surface area contributed by atoms with Crippen LogP contribution in [0.15, 0.2) is 29.6 Å². The highest BCUT2D eigenvalue weighted by Gasteiger charge is 2.30. The third kappa shape index (κ3) is 2.15. The predicted octanol–water partition coefficient (Wildman–Crippen LogP) is 0.577. The van der Waals surface area contributed by atoms with E-state index in [9.17, 15) is 8.42 Å². The van der Waals surface area contributed by atoms with Crippen molar-refractivity contribution in [1.29, 1.82) is 0 Å². The van der Waals surface area contributed by atoms with E-state index in [0.717, 1.165) is 6.26 Å². The normalized spacial score (nSPS) is 20.9. The fraction of sp³-hybridized carbons (Fsp3) is 0.333. The zero-order valence-electron chi connectivity index (χ0n) is 8.12. The van der Waals surface area contributed by atoms with E-state index >= 15 is 0 Å². The smallest absolute Gasteiger partial charge is 0.232 e. The van der Waals surface area contributed by atoms with Crippen LogP contribution in [0.4, 0.5) is 0 Å². The van der Waals surface area contributed by atoms with E-state index in [1.165, 1.54) is 0 Å². The Hall–Kier alpha value is -1.43. The predicted molar refractivity (Wildman–Crippen MR) is 55.1 cm³/mol. The van der Waals surface area contributed by atoms with Crippen LogP contribution in [-0.2, 0) is 14.7 Å². The van der Waals surface area contributed by atoms with Gasteiger partial charge in [0.25, 0.3) is 0 Å². The second-order valence-electron chi connectivity index (χ2n) is 3.32. The molecule has 0 saturated heterocycles. The van der Waals surface area contributed by atoms with E-state index in [1.807, 2.05) is 6.07 Å². The molecule has 80 valence electrons. The Morgan fingerprint density at radius 2 is 2.27 bits per heavy atom. The minimum absolute atomic E-state index is 0.260. The molecule has 1 aromatic rings. The van der Waals surface area contributed by atoms with E-state index in [0.29, 0.717) is 11.4 Å². The molecule has 5 nitrogen and oxygen atoms in total. The van der Waals surface area contributed by atoms with Crippen LogP contribution >= 0.6 is 0 Å². The molecule has 0 spiro atoms. The summed E-state index contributed by atoms with van der Waals surface area (Å²) >= 11 is 0. The summed E-state index contributed by atoms with van der Waals surface area (Å²) in [4.78, 5) is 8.92.